The van der Waals surface area contributed by atoms with E-state index in [1.807, 2.05) is 0 Å². The molecule has 0 aliphatic rings. The molecule has 0 heterocycles. The van der Waals surface area contributed by atoms with Crippen molar-refractivity contribution in [2.24, 2.45) is 17.8 Å². The third-order valence-corrected chi connectivity index (χ3v) is 21.9. The lowest BCUT2D eigenvalue weighted by Gasteiger charge is -2.21. The standard InChI is InChI=1S/C84H164O17P2/c1-8-10-11-12-13-14-15-16-17-20-24-27-33-38-43-51-58-65-81(86)94-71-79(100-83(88)67-60-53-44-39-34-28-25-22-19-18-21-23-26-31-36-41-48-55-62-75(3)4)73-98-102(90,91)96-69-78(85)70-97-103(92,93)99-74-80(72-95-82(87)66-59-52-47-46-50-57-64-77(7)9-2)101-84(89)68-61-54-45-40-35-30-29-32-37-42-49-56-63-76(5)6/h75-80,85H,8-74H2,1-7H3,(H,90,91)(H,92,93)/t77?,78-,79-,80-/m1/s1. The Kier molecular flexibility index (Phi) is 72.8. The maximum atomic E-state index is 13.1. The molecule has 0 aromatic heterocycles. The molecule has 0 saturated carbocycles. The van der Waals surface area contributed by atoms with Gasteiger partial charge >= 0.3 is 39.5 Å². The van der Waals surface area contributed by atoms with Gasteiger partial charge in [0.2, 0.25) is 0 Å². The summed E-state index contributed by atoms with van der Waals surface area (Å²) >= 11 is 0. The lowest BCUT2D eigenvalue weighted by Crippen LogP contribution is -2.30. The van der Waals surface area contributed by atoms with Crippen molar-refractivity contribution in [1.82, 2.24) is 0 Å². The van der Waals surface area contributed by atoms with E-state index in [0.29, 0.717) is 25.7 Å². The average Bonchev–Trinajstić information content (AvgIpc) is 0.911. The third kappa shape index (κ3) is 76.6. The van der Waals surface area contributed by atoms with E-state index in [-0.39, 0.29) is 25.7 Å². The molecule has 3 unspecified atom stereocenters. The molecule has 0 spiro atoms. The molecule has 0 radical (unpaired) electrons. The van der Waals surface area contributed by atoms with E-state index >= 15 is 0 Å². The molecule has 0 aromatic rings. The van der Waals surface area contributed by atoms with Crippen LogP contribution in [0.25, 0.3) is 0 Å². The molecule has 103 heavy (non-hydrogen) atoms. The predicted octanol–water partition coefficient (Wildman–Crippen LogP) is 25.3. The second kappa shape index (κ2) is 74.2. The maximum Gasteiger partial charge on any atom is 0.472 e. The fraction of sp³-hybridized carbons (Fsp3) is 0.952. The van der Waals surface area contributed by atoms with Gasteiger partial charge in [-0.25, -0.2) is 9.13 Å². The Hall–Kier alpha value is -1.94. The van der Waals surface area contributed by atoms with Gasteiger partial charge in [0, 0.05) is 25.7 Å². The number of hydrogen-bond donors (Lipinski definition) is 3. The summed E-state index contributed by atoms with van der Waals surface area (Å²) in [5.74, 6) is 0.220. The number of phosphoric ester groups is 2. The number of carbonyl (C=O) groups is 4. The van der Waals surface area contributed by atoms with Crippen LogP contribution < -0.4 is 0 Å². The van der Waals surface area contributed by atoms with E-state index in [9.17, 15) is 43.2 Å². The largest absolute Gasteiger partial charge is 0.472 e. The zero-order valence-electron chi connectivity index (χ0n) is 67.8. The average molecular weight is 1510 g/mol. The second-order valence-corrected chi connectivity index (χ2v) is 34.3. The van der Waals surface area contributed by atoms with E-state index in [0.717, 1.165) is 114 Å². The molecule has 0 saturated heterocycles. The summed E-state index contributed by atoms with van der Waals surface area (Å²) in [6.45, 7) is 12.0. The van der Waals surface area contributed by atoms with Crippen molar-refractivity contribution in [2.75, 3.05) is 39.6 Å². The van der Waals surface area contributed by atoms with Crippen molar-refractivity contribution in [1.29, 1.82) is 0 Å². The molecular formula is C84H164O17P2. The van der Waals surface area contributed by atoms with Gasteiger partial charge in [-0.15, -0.1) is 0 Å². The quantitative estimate of drug-likeness (QED) is 0.0222. The van der Waals surface area contributed by atoms with Crippen LogP contribution in [0.1, 0.15) is 440 Å². The molecular weight excluding hydrogens is 1340 g/mol. The van der Waals surface area contributed by atoms with Gasteiger partial charge in [-0.3, -0.25) is 37.3 Å². The zero-order chi connectivity index (χ0) is 75.8. The minimum atomic E-state index is -4.96. The summed E-state index contributed by atoms with van der Waals surface area (Å²) in [6, 6.07) is 0. The van der Waals surface area contributed by atoms with Gasteiger partial charge in [-0.05, 0) is 43.4 Å². The Balaban J connectivity index is 5.23. The molecule has 0 rings (SSSR count). The van der Waals surface area contributed by atoms with E-state index in [2.05, 4.69) is 48.5 Å². The number of carbonyl (C=O) groups excluding carboxylic acids is 4. The molecule has 0 amide bonds. The fourth-order valence-electron chi connectivity index (χ4n) is 13.0. The van der Waals surface area contributed by atoms with E-state index < -0.39 is 97.5 Å². The van der Waals surface area contributed by atoms with Gasteiger partial charge in [0.05, 0.1) is 26.4 Å². The summed E-state index contributed by atoms with van der Waals surface area (Å²) in [5, 5.41) is 10.7. The molecule has 17 nitrogen and oxygen atoms in total. The number of rotatable bonds is 82. The van der Waals surface area contributed by atoms with Gasteiger partial charge in [0.1, 0.15) is 19.3 Å². The predicted molar refractivity (Wildman–Crippen MR) is 423 cm³/mol. The summed E-state index contributed by atoms with van der Waals surface area (Å²) in [4.78, 5) is 73.1. The summed E-state index contributed by atoms with van der Waals surface area (Å²) in [5.41, 5.74) is 0. The Labute approximate surface area is 632 Å². The Bertz CT molecular complexity index is 1990. The van der Waals surface area contributed by atoms with Gasteiger partial charge in [-0.1, -0.05) is 389 Å². The molecule has 19 heteroatoms. The fourth-order valence-corrected chi connectivity index (χ4v) is 14.6. The first-order valence-corrected chi connectivity index (χ1v) is 46.4. The van der Waals surface area contributed by atoms with Crippen molar-refractivity contribution in [3.05, 3.63) is 0 Å². The number of hydrogen-bond acceptors (Lipinski definition) is 15. The van der Waals surface area contributed by atoms with Gasteiger partial charge in [0.15, 0.2) is 12.2 Å². The molecule has 612 valence electrons. The Morgan fingerprint density at radius 1 is 0.282 bits per heavy atom. The van der Waals surface area contributed by atoms with Crippen molar-refractivity contribution >= 4 is 39.5 Å². The highest BCUT2D eigenvalue weighted by molar-refractivity contribution is 7.47. The van der Waals surface area contributed by atoms with Crippen LogP contribution in [0.2, 0.25) is 0 Å². The highest BCUT2D eigenvalue weighted by Gasteiger charge is 2.30. The molecule has 0 fully saturated rings. The van der Waals surface area contributed by atoms with Crippen molar-refractivity contribution in [3.8, 4) is 0 Å². The van der Waals surface area contributed by atoms with Crippen LogP contribution in [0.3, 0.4) is 0 Å². The molecule has 0 aromatic carbocycles. The summed E-state index contributed by atoms with van der Waals surface area (Å²) < 4.78 is 68.8. The topological polar surface area (TPSA) is 237 Å². The zero-order valence-corrected chi connectivity index (χ0v) is 69.6. The number of ether oxygens (including phenoxy) is 4. The van der Waals surface area contributed by atoms with Gasteiger partial charge in [0.25, 0.3) is 0 Å². The summed E-state index contributed by atoms with van der Waals surface area (Å²) in [7, 11) is -9.93. The molecule has 0 aliphatic heterocycles. The first kappa shape index (κ1) is 101. The van der Waals surface area contributed by atoms with E-state index in [1.165, 1.54) is 244 Å². The van der Waals surface area contributed by atoms with Gasteiger partial charge < -0.3 is 33.8 Å². The smallest absolute Gasteiger partial charge is 0.462 e. The summed E-state index contributed by atoms with van der Waals surface area (Å²) in [6.07, 6.45) is 63.9. The van der Waals surface area contributed by atoms with E-state index in [4.69, 9.17) is 37.0 Å². The van der Waals surface area contributed by atoms with Crippen molar-refractivity contribution in [2.45, 2.75) is 458 Å². The Morgan fingerprint density at radius 3 is 0.738 bits per heavy atom. The minimum Gasteiger partial charge on any atom is -0.462 e. The maximum absolute atomic E-state index is 13.1. The normalized spacial score (nSPS) is 14.2. The number of esters is 4. The van der Waals surface area contributed by atoms with Crippen LogP contribution in [-0.4, -0.2) is 96.7 Å². The molecule has 0 aliphatic carbocycles. The van der Waals surface area contributed by atoms with Crippen LogP contribution in [0.5, 0.6) is 0 Å². The number of aliphatic hydroxyl groups excluding tert-OH is 1. The Morgan fingerprint density at radius 2 is 0.495 bits per heavy atom. The highest BCUT2D eigenvalue weighted by atomic mass is 31.2. The number of aliphatic hydroxyl groups is 1. The van der Waals surface area contributed by atoms with Crippen molar-refractivity contribution < 1.29 is 80.2 Å². The monoisotopic (exact) mass is 1510 g/mol. The van der Waals surface area contributed by atoms with Crippen LogP contribution >= 0.6 is 15.6 Å². The molecule has 0 bridgehead atoms. The van der Waals surface area contributed by atoms with Crippen molar-refractivity contribution in [3.63, 3.8) is 0 Å². The highest BCUT2D eigenvalue weighted by Crippen LogP contribution is 2.45. The second-order valence-electron chi connectivity index (χ2n) is 31.4. The van der Waals surface area contributed by atoms with Crippen LogP contribution in [0.15, 0.2) is 0 Å². The van der Waals surface area contributed by atoms with E-state index in [1.54, 1.807) is 0 Å². The lowest BCUT2D eigenvalue weighted by molar-refractivity contribution is -0.161. The lowest BCUT2D eigenvalue weighted by atomic mass is 10.00. The minimum absolute atomic E-state index is 0.106. The van der Waals surface area contributed by atoms with Crippen LogP contribution in [0.4, 0.5) is 0 Å². The van der Waals surface area contributed by atoms with Gasteiger partial charge in [-0.2, -0.15) is 0 Å². The van der Waals surface area contributed by atoms with Crippen LogP contribution in [-0.2, 0) is 65.4 Å². The first-order valence-electron chi connectivity index (χ1n) is 43.4. The number of unbranched alkanes of at least 4 members (excludes halogenated alkanes) is 49. The SMILES string of the molecule is CCCCCCCCCCCCCCCCCCCC(=O)OC[C@H](COP(=O)(O)OC[C@@H](O)COP(=O)(O)OC[C@@H](COC(=O)CCCCCCCCC(C)CC)OC(=O)CCCCCCCCCCCCCCC(C)C)OC(=O)CCCCCCCCCCCCCCCCCCCCC(C)C. The number of phosphoric acid groups is 2. The third-order valence-electron chi connectivity index (χ3n) is 20.0. The first-order chi connectivity index (χ1) is 49.8. The molecule has 6 atom stereocenters. The van der Waals surface area contributed by atoms with Crippen LogP contribution in [0, 0.1) is 17.8 Å². The molecule has 3 N–H and O–H groups in total.